The fourth-order valence-electron chi connectivity index (χ4n) is 3.47. The van der Waals surface area contributed by atoms with Gasteiger partial charge in [0, 0.05) is 0 Å². The van der Waals surface area contributed by atoms with Crippen molar-refractivity contribution in [3.63, 3.8) is 0 Å². The van der Waals surface area contributed by atoms with Gasteiger partial charge >= 0.3 is 0 Å². The SMILES string of the molecule is CCCC1(C(=O)N[C@H](C)c2ccccc2C)CCNCC1. The molecule has 116 valence electrons. The third kappa shape index (κ3) is 3.65. The molecule has 3 nitrogen and oxygen atoms in total. The van der Waals surface area contributed by atoms with E-state index in [1.807, 2.05) is 12.1 Å². The van der Waals surface area contributed by atoms with E-state index in [1.165, 1.54) is 11.1 Å². The maximum absolute atomic E-state index is 12.9. The van der Waals surface area contributed by atoms with E-state index in [2.05, 4.69) is 43.5 Å². The number of aryl methyl sites for hydroxylation is 1. The lowest BCUT2D eigenvalue weighted by atomic mass is 9.74. The number of carbonyl (C=O) groups is 1. The van der Waals surface area contributed by atoms with Crippen LogP contribution in [0.1, 0.15) is 56.7 Å². The van der Waals surface area contributed by atoms with Gasteiger partial charge in [0.1, 0.15) is 0 Å². The Hall–Kier alpha value is -1.35. The van der Waals surface area contributed by atoms with Crippen LogP contribution in [0.4, 0.5) is 0 Å². The molecule has 0 spiro atoms. The van der Waals surface area contributed by atoms with Crippen LogP contribution in [0.25, 0.3) is 0 Å². The Morgan fingerprint density at radius 2 is 2.00 bits per heavy atom. The number of hydrogen-bond acceptors (Lipinski definition) is 2. The number of piperidine rings is 1. The zero-order chi connectivity index (χ0) is 15.3. The predicted molar refractivity (Wildman–Crippen MR) is 87.2 cm³/mol. The van der Waals surface area contributed by atoms with Crippen LogP contribution in [0.15, 0.2) is 24.3 Å². The van der Waals surface area contributed by atoms with E-state index in [0.717, 1.165) is 38.8 Å². The number of hydrogen-bond donors (Lipinski definition) is 2. The van der Waals surface area contributed by atoms with Crippen LogP contribution in [0, 0.1) is 12.3 Å². The van der Waals surface area contributed by atoms with Crippen molar-refractivity contribution in [2.24, 2.45) is 5.41 Å². The van der Waals surface area contributed by atoms with E-state index >= 15 is 0 Å². The van der Waals surface area contributed by atoms with E-state index in [1.54, 1.807) is 0 Å². The Bertz CT molecular complexity index is 472. The standard InChI is InChI=1S/C18H28N2O/c1-4-9-18(10-12-19-13-11-18)17(21)20-15(3)16-8-6-5-7-14(16)2/h5-8,15,19H,4,9-13H2,1-3H3,(H,20,21)/t15-/m1/s1. The maximum atomic E-state index is 12.9. The average molecular weight is 288 g/mol. The smallest absolute Gasteiger partial charge is 0.226 e. The molecule has 2 rings (SSSR count). The lowest BCUT2D eigenvalue weighted by molar-refractivity contribution is -0.133. The summed E-state index contributed by atoms with van der Waals surface area (Å²) in [4.78, 5) is 12.9. The van der Waals surface area contributed by atoms with Gasteiger partial charge in [0.05, 0.1) is 11.5 Å². The number of benzene rings is 1. The van der Waals surface area contributed by atoms with E-state index in [9.17, 15) is 4.79 Å². The van der Waals surface area contributed by atoms with Crippen LogP contribution in [0.5, 0.6) is 0 Å². The number of rotatable bonds is 5. The van der Waals surface area contributed by atoms with Crippen LogP contribution in [-0.2, 0) is 4.79 Å². The largest absolute Gasteiger partial charge is 0.349 e. The molecular weight excluding hydrogens is 260 g/mol. The molecule has 0 saturated carbocycles. The third-order valence-corrected chi connectivity index (χ3v) is 4.77. The van der Waals surface area contributed by atoms with Gasteiger partial charge < -0.3 is 10.6 Å². The molecule has 0 aromatic heterocycles. The van der Waals surface area contributed by atoms with Crippen molar-refractivity contribution in [3.05, 3.63) is 35.4 Å². The van der Waals surface area contributed by atoms with Gasteiger partial charge in [-0.3, -0.25) is 4.79 Å². The van der Waals surface area contributed by atoms with Crippen molar-refractivity contribution in [2.45, 2.75) is 52.5 Å². The van der Waals surface area contributed by atoms with Gasteiger partial charge in [-0.1, -0.05) is 37.6 Å². The van der Waals surface area contributed by atoms with Crippen molar-refractivity contribution in [1.29, 1.82) is 0 Å². The molecule has 1 saturated heterocycles. The van der Waals surface area contributed by atoms with Crippen LogP contribution in [-0.4, -0.2) is 19.0 Å². The molecule has 2 N–H and O–H groups in total. The Labute approximate surface area is 128 Å². The number of amides is 1. The molecule has 0 aliphatic carbocycles. The van der Waals surface area contributed by atoms with Crippen molar-refractivity contribution in [2.75, 3.05) is 13.1 Å². The first-order valence-corrected chi connectivity index (χ1v) is 8.16. The summed E-state index contributed by atoms with van der Waals surface area (Å²) >= 11 is 0. The third-order valence-electron chi connectivity index (χ3n) is 4.77. The molecule has 21 heavy (non-hydrogen) atoms. The molecule has 1 atom stereocenters. The molecule has 1 heterocycles. The van der Waals surface area contributed by atoms with Crippen molar-refractivity contribution in [1.82, 2.24) is 10.6 Å². The van der Waals surface area contributed by atoms with Gasteiger partial charge in [-0.15, -0.1) is 0 Å². The predicted octanol–water partition coefficient (Wildman–Crippen LogP) is 3.34. The summed E-state index contributed by atoms with van der Waals surface area (Å²) in [7, 11) is 0. The minimum absolute atomic E-state index is 0.0716. The minimum atomic E-state index is -0.170. The zero-order valence-corrected chi connectivity index (χ0v) is 13.5. The van der Waals surface area contributed by atoms with Gasteiger partial charge in [-0.05, 0) is 57.3 Å². The molecule has 1 aliphatic rings. The molecule has 0 radical (unpaired) electrons. The van der Waals surface area contributed by atoms with E-state index in [-0.39, 0.29) is 17.4 Å². The highest BCUT2D eigenvalue weighted by molar-refractivity contribution is 5.83. The van der Waals surface area contributed by atoms with Gasteiger partial charge in [0.2, 0.25) is 5.91 Å². The maximum Gasteiger partial charge on any atom is 0.226 e. The highest BCUT2D eigenvalue weighted by atomic mass is 16.2. The van der Waals surface area contributed by atoms with E-state index in [4.69, 9.17) is 0 Å². The first-order chi connectivity index (χ1) is 10.1. The second kappa shape index (κ2) is 7.08. The summed E-state index contributed by atoms with van der Waals surface area (Å²) in [6.45, 7) is 8.26. The summed E-state index contributed by atoms with van der Waals surface area (Å²) in [5.74, 6) is 0.238. The molecule has 1 aromatic carbocycles. The van der Waals surface area contributed by atoms with Crippen LogP contribution in [0.2, 0.25) is 0 Å². The zero-order valence-electron chi connectivity index (χ0n) is 13.5. The Morgan fingerprint density at radius 3 is 2.62 bits per heavy atom. The first kappa shape index (κ1) is 16.0. The summed E-state index contributed by atoms with van der Waals surface area (Å²) in [6, 6.07) is 8.36. The number of nitrogens with one attached hydrogen (secondary N) is 2. The minimum Gasteiger partial charge on any atom is -0.349 e. The Balaban J connectivity index is 2.10. The second-order valence-corrected chi connectivity index (χ2v) is 6.33. The highest BCUT2D eigenvalue weighted by Crippen LogP contribution is 2.35. The second-order valence-electron chi connectivity index (χ2n) is 6.33. The number of carbonyl (C=O) groups excluding carboxylic acids is 1. The van der Waals surface area contributed by atoms with Gasteiger partial charge in [-0.2, -0.15) is 0 Å². The fourth-order valence-corrected chi connectivity index (χ4v) is 3.47. The summed E-state index contributed by atoms with van der Waals surface area (Å²) in [5, 5.41) is 6.63. The molecule has 3 heteroatoms. The van der Waals surface area contributed by atoms with Crippen molar-refractivity contribution >= 4 is 5.91 Å². The molecule has 1 amide bonds. The van der Waals surface area contributed by atoms with E-state index < -0.39 is 0 Å². The topological polar surface area (TPSA) is 41.1 Å². The highest BCUT2D eigenvalue weighted by Gasteiger charge is 2.39. The lowest BCUT2D eigenvalue weighted by Gasteiger charge is -2.37. The van der Waals surface area contributed by atoms with Gasteiger partial charge in [0.25, 0.3) is 0 Å². The van der Waals surface area contributed by atoms with Crippen molar-refractivity contribution < 1.29 is 4.79 Å². The summed E-state index contributed by atoms with van der Waals surface area (Å²) < 4.78 is 0. The monoisotopic (exact) mass is 288 g/mol. The normalized spacial score (nSPS) is 19.0. The Kier molecular flexibility index (Phi) is 5.40. The molecule has 0 bridgehead atoms. The first-order valence-electron chi connectivity index (χ1n) is 8.16. The summed E-state index contributed by atoms with van der Waals surface area (Å²) in [6.07, 6.45) is 3.95. The fraction of sp³-hybridized carbons (Fsp3) is 0.611. The molecule has 1 aliphatic heterocycles. The van der Waals surface area contributed by atoms with Crippen molar-refractivity contribution in [3.8, 4) is 0 Å². The lowest BCUT2D eigenvalue weighted by Crippen LogP contribution is -2.48. The molecule has 1 fully saturated rings. The summed E-state index contributed by atoms with van der Waals surface area (Å²) in [5.41, 5.74) is 2.28. The van der Waals surface area contributed by atoms with Crippen LogP contribution >= 0.6 is 0 Å². The molecule has 0 unspecified atom stereocenters. The van der Waals surface area contributed by atoms with Crippen LogP contribution in [0.3, 0.4) is 0 Å². The van der Waals surface area contributed by atoms with E-state index in [0.29, 0.717) is 0 Å². The Morgan fingerprint density at radius 1 is 1.33 bits per heavy atom. The van der Waals surface area contributed by atoms with Crippen LogP contribution < -0.4 is 10.6 Å². The van der Waals surface area contributed by atoms with Gasteiger partial charge in [0.15, 0.2) is 0 Å². The average Bonchev–Trinajstić information content (AvgIpc) is 2.48. The molecule has 1 aromatic rings. The molecular formula is C18H28N2O. The quantitative estimate of drug-likeness (QED) is 0.872. The van der Waals surface area contributed by atoms with Gasteiger partial charge in [-0.25, -0.2) is 0 Å².